The molecule has 4 heteroatoms. The number of hydrogen-bond acceptors (Lipinski definition) is 4. The Kier molecular flexibility index (Phi) is 2.94. The molecule has 4 nitrogen and oxygen atoms in total. The maximum Gasteiger partial charge on any atom is 0.151 e. The molecule has 1 saturated carbocycles. The molecule has 1 fully saturated rings. The van der Waals surface area contributed by atoms with Crippen molar-refractivity contribution >= 4 is 11.6 Å². The minimum absolute atomic E-state index is 0.388. The van der Waals surface area contributed by atoms with Crippen molar-refractivity contribution in [2.45, 2.75) is 31.7 Å². The van der Waals surface area contributed by atoms with Crippen molar-refractivity contribution in [1.82, 2.24) is 10.2 Å². The molecule has 0 aromatic carbocycles. The highest BCUT2D eigenvalue weighted by Gasteiger charge is 2.22. The van der Waals surface area contributed by atoms with Gasteiger partial charge in [0.25, 0.3) is 0 Å². The summed E-state index contributed by atoms with van der Waals surface area (Å²) in [6, 6.07) is 4.26. The first kappa shape index (κ1) is 10.1. The zero-order valence-electron chi connectivity index (χ0n) is 8.89. The molecule has 1 heterocycles. The SMILES string of the molecule is CN(c1cccnn1)C1CCC(=O)CC1. The Labute approximate surface area is 89.3 Å². The van der Waals surface area contributed by atoms with Gasteiger partial charge in [0.05, 0.1) is 0 Å². The molecule has 0 amide bonds. The topological polar surface area (TPSA) is 46.1 Å². The number of carbonyl (C=O) groups is 1. The lowest BCUT2D eigenvalue weighted by Gasteiger charge is -2.31. The van der Waals surface area contributed by atoms with Crippen LogP contribution < -0.4 is 4.90 Å². The molecular formula is C11H15N3O. The molecule has 0 bridgehead atoms. The van der Waals surface area contributed by atoms with Crippen LogP contribution >= 0.6 is 0 Å². The molecule has 0 N–H and O–H groups in total. The second-order valence-electron chi connectivity index (χ2n) is 3.96. The zero-order chi connectivity index (χ0) is 10.7. The van der Waals surface area contributed by atoms with Gasteiger partial charge in [0.1, 0.15) is 5.78 Å². The summed E-state index contributed by atoms with van der Waals surface area (Å²) in [7, 11) is 2.02. The van der Waals surface area contributed by atoms with Crippen molar-refractivity contribution in [2.24, 2.45) is 0 Å². The van der Waals surface area contributed by atoms with Crippen LogP contribution in [0.2, 0.25) is 0 Å². The van der Waals surface area contributed by atoms with Gasteiger partial charge in [-0.25, -0.2) is 0 Å². The van der Waals surface area contributed by atoms with Gasteiger partial charge in [0.2, 0.25) is 0 Å². The fourth-order valence-corrected chi connectivity index (χ4v) is 1.98. The van der Waals surface area contributed by atoms with Crippen LogP contribution in [0, 0.1) is 0 Å². The lowest BCUT2D eigenvalue weighted by molar-refractivity contribution is -0.120. The first-order valence-electron chi connectivity index (χ1n) is 5.29. The molecule has 1 aromatic heterocycles. The van der Waals surface area contributed by atoms with E-state index in [1.54, 1.807) is 6.20 Å². The number of nitrogens with zero attached hydrogens (tertiary/aromatic N) is 3. The molecule has 1 aromatic rings. The minimum Gasteiger partial charge on any atom is -0.355 e. The first-order valence-corrected chi connectivity index (χ1v) is 5.29. The molecule has 15 heavy (non-hydrogen) atoms. The number of rotatable bonds is 2. The van der Waals surface area contributed by atoms with Crippen molar-refractivity contribution in [3.63, 3.8) is 0 Å². The van der Waals surface area contributed by atoms with Crippen LogP contribution in [0.3, 0.4) is 0 Å². The van der Waals surface area contributed by atoms with Crippen molar-refractivity contribution in [3.8, 4) is 0 Å². The van der Waals surface area contributed by atoms with E-state index in [9.17, 15) is 4.79 Å². The van der Waals surface area contributed by atoms with Crippen LogP contribution in [0.1, 0.15) is 25.7 Å². The predicted molar refractivity (Wildman–Crippen MR) is 57.7 cm³/mol. The van der Waals surface area contributed by atoms with E-state index >= 15 is 0 Å². The molecule has 1 aliphatic rings. The molecule has 0 aliphatic heterocycles. The van der Waals surface area contributed by atoms with Crippen LogP contribution in [-0.2, 0) is 4.79 Å². The Morgan fingerprint density at radius 3 is 2.73 bits per heavy atom. The second-order valence-corrected chi connectivity index (χ2v) is 3.96. The van der Waals surface area contributed by atoms with Crippen molar-refractivity contribution in [3.05, 3.63) is 18.3 Å². The molecular weight excluding hydrogens is 190 g/mol. The van der Waals surface area contributed by atoms with E-state index in [1.165, 1.54) is 0 Å². The molecule has 80 valence electrons. The molecule has 0 spiro atoms. The van der Waals surface area contributed by atoms with E-state index in [0.717, 1.165) is 18.7 Å². The van der Waals surface area contributed by atoms with E-state index in [-0.39, 0.29) is 0 Å². The molecule has 0 saturated heterocycles. The molecule has 2 rings (SSSR count). The first-order chi connectivity index (χ1) is 7.27. The van der Waals surface area contributed by atoms with Crippen molar-refractivity contribution in [1.29, 1.82) is 0 Å². The average molecular weight is 205 g/mol. The summed E-state index contributed by atoms with van der Waals surface area (Å²) in [5, 5.41) is 7.92. The standard InChI is InChI=1S/C11H15N3O/c1-14(11-3-2-8-12-13-11)9-4-6-10(15)7-5-9/h2-3,8-9H,4-7H2,1H3. The summed E-state index contributed by atoms with van der Waals surface area (Å²) >= 11 is 0. The zero-order valence-corrected chi connectivity index (χ0v) is 8.89. The smallest absolute Gasteiger partial charge is 0.151 e. The van der Waals surface area contributed by atoms with E-state index in [1.807, 2.05) is 19.2 Å². The summed E-state index contributed by atoms with van der Waals surface area (Å²) in [5.41, 5.74) is 0. The lowest BCUT2D eigenvalue weighted by Crippen LogP contribution is -2.35. The highest BCUT2D eigenvalue weighted by atomic mass is 16.1. The minimum atomic E-state index is 0.388. The number of anilines is 1. The fraction of sp³-hybridized carbons (Fsp3) is 0.545. The van der Waals surface area contributed by atoms with Crippen LogP contribution in [0.5, 0.6) is 0 Å². The van der Waals surface area contributed by atoms with E-state index < -0.39 is 0 Å². The third-order valence-electron chi connectivity index (χ3n) is 2.98. The van der Waals surface area contributed by atoms with Gasteiger partial charge in [0.15, 0.2) is 5.82 Å². The van der Waals surface area contributed by atoms with Crippen LogP contribution in [0.25, 0.3) is 0 Å². The van der Waals surface area contributed by atoms with Crippen LogP contribution in [0.15, 0.2) is 18.3 Å². The van der Waals surface area contributed by atoms with E-state index in [2.05, 4.69) is 15.1 Å². The molecule has 1 aliphatic carbocycles. The Balaban J connectivity index is 2.02. The largest absolute Gasteiger partial charge is 0.355 e. The maximum atomic E-state index is 11.1. The molecule has 0 radical (unpaired) electrons. The summed E-state index contributed by atoms with van der Waals surface area (Å²) in [5.74, 6) is 1.27. The van der Waals surface area contributed by atoms with Gasteiger partial charge in [-0.3, -0.25) is 4.79 Å². The number of ketones is 1. The highest BCUT2D eigenvalue weighted by Crippen LogP contribution is 2.22. The van der Waals surface area contributed by atoms with Crippen LogP contribution in [-0.4, -0.2) is 29.1 Å². The summed E-state index contributed by atoms with van der Waals surface area (Å²) in [4.78, 5) is 13.2. The monoisotopic (exact) mass is 205 g/mol. The van der Waals surface area contributed by atoms with Gasteiger partial charge in [0, 0.05) is 32.1 Å². The normalized spacial score (nSPS) is 17.8. The van der Waals surface area contributed by atoms with Gasteiger partial charge in [-0.15, -0.1) is 5.10 Å². The summed E-state index contributed by atoms with van der Waals surface area (Å²) in [6.07, 6.45) is 4.95. The number of carbonyl (C=O) groups excluding carboxylic acids is 1. The van der Waals surface area contributed by atoms with Gasteiger partial charge in [-0.1, -0.05) is 0 Å². The van der Waals surface area contributed by atoms with E-state index in [0.29, 0.717) is 24.7 Å². The second kappa shape index (κ2) is 4.38. The third-order valence-corrected chi connectivity index (χ3v) is 2.98. The Morgan fingerprint density at radius 2 is 2.13 bits per heavy atom. The van der Waals surface area contributed by atoms with Crippen LogP contribution in [0.4, 0.5) is 5.82 Å². The Morgan fingerprint density at radius 1 is 1.40 bits per heavy atom. The molecule has 0 atom stereocenters. The van der Waals surface area contributed by atoms with Gasteiger partial charge in [-0.2, -0.15) is 5.10 Å². The van der Waals surface area contributed by atoms with E-state index in [4.69, 9.17) is 0 Å². The quantitative estimate of drug-likeness (QED) is 0.732. The van der Waals surface area contributed by atoms with Gasteiger partial charge < -0.3 is 4.90 Å². The molecule has 0 unspecified atom stereocenters. The van der Waals surface area contributed by atoms with Gasteiger partial charge in [-0.05, 0) is 25.0 Å². The fourth-order valence-electron chi connectivity index (χ4n) is 1.98. The lowest BCUT2D eigenvalue weighted by atomic mass is 9.93. The number of hydrogen-bond donors (Lipinski definition) is 0. The number of aromatic nitrogens is 2. The maximum absolute atomic E-state index is 11.1. The van der Waals surface area contributed by atoms with Gasteiger partial charge >= 0.3 is 0 Å². The average Bonchev–Trinajstić information content (AvgIpc) is 2.30. The summed E-state index contributed by atoms with van der Waals surface area (Å²) < 4.78 is 0. The third kappa shape index (κ3) is 2.32. The van der Waals surface area contributed by atoms with Crippen molar-refractivity contribution < 1.29 is 4.79 Å². The summed E-state index contributed by atoms with van der Waals surface area (Å²) in [6.45, 7) is 0. The Hall–Kier alpha value is -1.45. The van der Waals surface area contributed by atoms with Crippen molar-refractivity contribution in [2.75, 3.05) is 11.9 Å². The number of Topliss-reactive ketones (excluding diaryl/α,β-unsaturated/α-hetero) is 1. The predicted octanol–water partition coefficient (Wildman–Crippen LogP) is 1.42. The Bertz CT molecular complexity index is 329. The highest BCUT2D eigenvalue weighted by molar-refractivity contribution is 5.79.